The maximum atomic E-state index is 12.2. The third-order valence-electron chi connectivity index (χ3n) is 2.68. The summed E-state index contributed by atoms with van der Waals surface area (Å²) in [5.41, 5.74) is 0. The van der Waals surface area contributed by atoms with Crippen molar-refractivity contribution in [2.75, 3.05) is 27.9 Å². The molecule has 0 aliphatic heterocycles. The first-order valence-corrected chi connectivity index (χ1v) is 7.31. The van der Waals surface area contributed by atoms with Gasteiger partial charge in [0, 0.05) is 19.7 Å². The number of aliphatic carboxylic acids is 1. The molecule has 1 aromatic carbocycles. The van der Waals surface area contributed by atoms with Gasteiger partial charge in [0.15, 0.2) is 6.10 Å². The van der Waals surface area contributed by atoms with Gasteiger partial charge < -0.3 is 19.3 Å². The summed E-state index contributed by atoms with van der Waals surface area (Å²) in [5.74, 6) is -0.737. The van der Waals surface area contributed by atoms with Crippen LogP contribution in [0, 0.1) is 0 Å². The average Bonchev–Trinajstić information content (AvgIpc) is 2.46. The lowest BCUT2D eigenvalue weighted by Crippen LogP contribution is -2.37. The van der Waals surface area contributed by atoms with Gasteiger partial charge in [0.1, 0.15) is 16.4 Å². The number of methoxy groups -OCH3 is 3. The first kappa shape index (κ1) is 17.2. The van der Waals surface area contributed by atoms with Gasteiger partial charge in [-0.25, -0.2) is 17.9 Å². The highest BCUT2D eigenvalue weighted by atomic mass is 32.2. The number of carboxylic acids is 1. The maximum absolute atomic E-state index is 12.2. The second-order valence-corrected chi connectivity index (χ2v) is 5.67. The summed E-state index contributed by atoms with van der Waals surface area (Å²) in [7, 11) is 0.00514. The molecule has 0 aliphatic rings. The largest absolute Gasteiger partial charge is 0.497 e. The van der Waals surface area contributed by atoms with E-state index in [9.17, 15) is 13.2 Å². The molecule has 1 unspecified atom stereocenters. The smallest absolute Gasteiger partial charge is 0.334 e. The zero-order valence-electron chi connectivity index (χ0n) is 11.8. The topological polar surface area (TPSA) is 111 Å². The van der Waals surface area contributed by atoms with Gasteiger partial charge in [-0.1, -0.05) is 0 Å². The molecule has 118 valence electrons. The summed E-state index contributed by atoms with van der Waals surface area (Å²) in [4.78, 5) is 10.7. The Morgan fingerprint density at radius 1 is 1.29 bits per heavy atom. The third-order valence-corrected chi connectivity index (χ3v) is 4.14. The van der Waals surface area contributed by atoms with E-state index in [2.05, 4.69) is 9.46 Å². The van der Waals surface area contributed by atoms with Crippen LogP contribution in [0.1, 0.15) is 0 Å². The second kappa shape index (κ2) is 7.25. The van der Waals surface area contributed by atoms with E-state index in [0.29, 0.717) is 5.75 Å². The minimum absolute atomic E-state index is 0.0890. The summed E-state index contributed by atoms with van der Waals surface area (Å²) >= 11 is 0. The summed E-state index contributed by atoms with van der Waals surface area (Å²) in [5, 5.41) is 8.81. The molecule has 0 radical (unpaired) electrons. The van der Waals surface area contributed by atoms with Crippen molar-refractivity contribution >= 4 is 16.0 Å². The van der Waals surface area contributed by atoms with Gasteiger partial charge in [0.25, 0.3) is 0 Å². The fourth-order valence-electron chi connectivity index (χ4n) is 1.53. The van der Waals surface area contributed by atoms with E-state index >= 15 is 0 Å². The van der Waals surface area contributed by atoms with Crippen molar-refractivity contribution in [2.24, 2.45) is 0 Å². The van der Waals surface area contributed by atoms with Crippen LogP contribution in [-0.4, -0.2) is 53.5 Å². The molecule has 0 heterocycles. The normalized spacial score (nSPS) is 12.7. The zero-order valence-corrected chi connectivity index (χ0v) is 12.6. The lowest BCUT2D eigenvalue weighted by molar-refractivity contribution is -0.147. The predicted molar refractivity (Wildman–Crippen MR) is 73.2 cm³/mol. The first-order valence-electron chi connectivity index (χ1n) is 5.83. The summed E-state index contributed by atoms with van der Waals surface area (Å²) in [6, 6.07) is 4.18. The molecule has 0 saturated heterocycles. The number of carbonyl (C=O) groups is 1. The van der Waals surface area contributed by atoms with Gasteiger partial charge in [-0.05, 0) is 12.1 Å². The molecule has 1 rings (SSSR count). The second-order valence-electron chi connectivity index (χ2n) is 3.93. The molecule has 8 nitrogen and oxygen atoms in total. The van der Waals surface area contributed by atoms with Crippen molar-refractivity contribution in [3.63, 3.8) is 0 Å². The quantitative estimate of drug-likeness (QED) is 0.698. The van der Waals surface area contributed by atoms with Crippen LogP contribution in [0.3, 0.4) is 0 Å². The maximum Gasteiger partial charge on any atom is 0.334 e. The summed E-state index contributed by atoms with van der Waals surface area (Å²) < 4.78 is 41.2. The number of rotatable bonds is 8. The number of carboxylic acid groups (broad SMARTS) is 1. The number of hydrogen-bond donors (Lipinski definition) is 2. The van der Waals surface area contributed by atoms with Gasteiger partial charge in [-0.3, -0.25) is 0 Å². The highest BCUT2D eigenvalue weighted by Crippen LogP contribution is 2.28. The standard InChI is InChI=1S/C12H17NO7S/c1-18-8-4-5-11(9(6-8)19-2)21(16,17)13-7-10(20-3)12(14)15/h4-6,10,13H,7H2,1-3H3,(H,14,15). The van der Waals surface area contributed by atoms with Gasteiger partial charge in [0.2, 0.25) is 10.0 Å². The molecule has 0 fully saturated rings. The van der Waals surface area contributed by atoms with Crippen molar-refractivity contribution in [1.82, 2.24) is 4.72 Å². The van der Waals surface area contributed by atoms with E-state index in [0.717, 1.165) is 0 Å². The molecule has 0 bridgehead atoms. The Bertz CT molecular complexity index is 600. The fraction of sp³-hybridized carbons (Fsp3) is 0.417. The van der Waals surface area contributed by atoms with Crippen molar-refractivity contribution in [1.29, 1.82) is 0 Å². The van der Waals surface area contributed by atoms with Crippen LogP contribution in [0.5, 0.6) is 11.5 Å². The molecule has 2 N–H and O–H groups in total. The van der Waals surface area contributed by atoms with E-state index in [4.69, 9.17) is 14.6 Å². The van der Waals surface area contributed by atoms with Crippen LogP contribution in [-0.2, 0) is 19.6 Å². The lowest BCUT2D eigenvalue weighted by atomic mass is 10.3. The zero-order chi connectivity index (χ0) is 16.0. The van der Waals surface area contributed by atoms with Crippen LogP contribution in [0.15, 0.2) is 23.1 Å². The Labute approximate surface area is 122 Å². The van der Waals surface area contributed by atoms with Crippen LogP contribution < -0.4 is 14.2 Å². The molecular formula is C12H17NO7S. The van der Waals surface area contributed by atoms with Crippen LogP contribution >= 0.6 is 0 Å². The summed E-state index contributed by atoms with van der Waals surface area (Å²) in [6.07, 6.45) is -1.27. The Kier molecular flexibility index (Phi) is 5.94. The van der Waals surface area contributed by atoms with Crippen molar-refractivity contribution in [3.05, 3.63) is 18.2 Å². The fourth-order valence-corrected chi connectivity index (χ4v) is 2.71. The van der Waals surface area contributed by atoms with Gasteiger partial charge in [-0.15, -0.1) is 0 Å². The Hall–Kier alpha value is -1.84. The average molecular weight is 319 g/mol. The van der Waals surface area contributed by atoms with E-state index in [1.165, 1.54) is 39.5 Å². The highest BCUT2D eigenvalue weighted by Gasteiger charge is 2.24. The van der Waals surface area contributed by atoms with E-state index in [1.807, 2.05) is 0 Å². The van der Waals surface area contributed by atoms with Crippen LogP contribution in [0.4, 0.5) is 0 Å². The van der Waals surface area contributed by atoms with Crippen LogP contribution in [0.25, 0.3) is 0 Å². The van der Waals surface area contributed by atoms with E-state index < -0.39 is 28.6 Å². The lowest BCUT2D eigenvalue weighted by Gasteiger charge is -2.14. The number of nitrogens with one attached hydrogen (secondary N) is 1. The molecule has 0 spiro atoms. The van der Waals surface area contributed by atoms with Gasteiger partial charge in [0.05, 0.1) is 14.2 Å². The van der Waals surface area contributed by atoms with Crippen LogP contribution in [0.2, 0.25) is 0 Å². The molecule has 0 saturated carbocycles. The molecule has 21 heavy (non-hydrogen) atoms. The molecule has 0 aromatic heterocycles. The highest BCUT2D eigenvalue weighted by molar-refractivity contribution is 7.89. The number of ether oxygens (including phenoxy) is 3. The van der Waals surface area contributed by atoms with Gasteiger partial charge >= 0.3 is 5.97 Å². The molecule has 0 amide bonds. The van der Waals surface area contributed by atoms with Crippen molar-refractivity contribution in [2.45, 2.75) is 11.0 Å². The van der Waals surface area contributed by atoms with Crippen molar-refractivity contribution in [3.8, 4) is 11.5 Å². The Morgan fingerprint density at radius 2 is 1.95 bits per heavy atom. The van der Waals surface area contributed by atoms with Crippen molar-refractivity contribution < 1.29 is 32.5 Å². The van der Waals surface area contributed by atoms with Gasteiger partial charge in [-0.2, -0.15) is 0 Å². The monoisotopic (exact) mass is 319 g/mol. The molecule has 9 heteroatoms. The third kappa shape index (κ3) is 4.31. The molecule has 1 aromatic rings. The molecule has 0 aliphatic carbocycles. The van der Waals surface area contributed by atoms with E-state index in [-0.39, 0.29) is 10.6 Å². The molecule has 1 atom stereocenters. The minimum Gasteiger partial charge on any atom is -0.497 e. The Morgan fingerprint density at radius 3 is 2.43 bits per heavy atom. The minimum atomic E-state index is -3.94. The SMILES string of the molecule is COc1ccc(S(=O)(=O)NCC(OC)C(=O)O)c(OC)c1. The Balaban J connectivity index is 3.00. The number of hydrogen-bond acceptors (Lipinski definition) is 6. The predicted octanol–water partition coefficient (Wildman–Crippen LogP) is 0.0817. The van der Waals surface area contributed by atoms with E-state index in [1.54, 1.807) is 0 Å². The first-order chi connectivity index (χ1) is 9.85. The number of sulfonamides is 1. The summed E-state index contributed by atoms with van der Waals surface area (Å²) in [6.45, 7) is -0.399. The molecular weight excluding hydrogens is 302 g/mol. The number of benzene rings is 1.